The van der Waals surface area contributed by atoms with Crippen LogP contribution in [0.4, 0.5) is 5.69 Å². The maximum absolute atomic E-state index is 5.99. The van der Waals surface area contributed by atoms with Crippen molar-refractivity contribution in [2.24, 2.45) is 16.1 Å². The normalized spacial score (nSPS) is 17.1. The van der Waals surface area contributed by atoms with E-state index >= 15 is 0 Å². The van der Waals surface area contributed by atoms with Crippen LogP contribution in [0, 0.1) is 5.41 Å². The summed E-state index contributed by atoms with van der Waals surface area (Å²) in [6.45, 7) is 3.08. The minimum Gasteiger partial charge on any atom is -0.497 e. The molecule has 0 atom stereocenters. The number of ether oxygens (including phenoxy) is 1. The molecule has 0 radical (unpaired) electrons. The number of nitrogens with two attached hydrogens (primary N) is 1. The highest BCUT2D eigenvalue weighted by Crippen LogP contribution is 2.41. The number of rotatable bonds is 5. The molecule has 21 heavy (non-hydrogen) atoms. The van der Waals surface area contributed by atoms with Crippen LogP contribution in [0.15, 0.2) is 29.3 Å². The van der Waals surface area contributed by atoms with Crippen LogP contribution in [0.1, 0.15) is 39.0 Å². The van der Waals surface area contributed by atoms with Gasteiger partial charge in [-0.15, -0.1) is 24.0 Å². The second-order valence-corrected chi connectivity index (χ2v) is 5.62. The van der Waals surface area contributed by atoms with Gasteiger partial charge in [-0.05, 0) is 36.8 Å². The van der Waals surface area contributed by atoms with Gasteiger partial charge in [-0.2, -0.15) is 0 Å². The Morgan fingerprint density at radius 3 is 2.71 bits per heavy atom. The van der Waals surface area contributed by atoms with Gasteiger partial charge in [0.05, 0.1) is 7.11 Å². The molecular formula is C16H26IN3O. The Hall–Kier alpha value is -0.980. The standard InChI is InChI=1S/C16H25N3O.HI/c1-3-16(9-4-5-10-16)12-18-15(17)19-13-7-6-8-14(11-13)20-2;/h6-8,11H,3-5,9-10,12H2,1-2H3,(H3,17,18,19);1H. The smallest absolute Gasteiger partial charge is 0.193 e. The van der Waals surface area contributed by atoms with Crippen molar-refractivity contribution in [1.29, 1.82) is 0 Å². The van der Waals surface area contributed by atoms with Crippen molar-refractivity contribution in [1.82, 2.24) is 0 Å². The van der Waals surface area contributed by atoms with E-state index in [2.05, 4.69) is 17.2 Å². The summed E-state index contributed by atoms with van der Waals surface area (Å²) in [7, 11) is 1.65. The highest BCUT2D eigenvalue weighted by atomic mass is 127. The average Bonchev–Trinajstić information content (AvgIpc) is 2.95. The highest BCUT2D eigenvalue weighted by molar-refractivity contribution is 14.0. The molecule has 5 heteroatoms. The summed E-state index contributed by atoms with van der Waals surface area (Å²) in [4.78, 5) is 4.54. The Kier molecular flexibility index (Phi) is 7.28. The number of halogens is 1. The van der Waals surface area contributed by atoms with E-state index < -0.39 is 0 Å². The molecule has 1 aliphatic carbocycles. The van der Waals surface area contributed by atoms with Crippen LogP contribution in [-0.2, 0) is 0 Å². The maximum Gasteiger partial charge on any atom is 0.193 e. The molecule has 0 bridgehead atoms. The van der Waals surface area contributed by atoms with E-state index in [0.717, 1.165) is 18.0 Å². The fourth-order valence-corrected chi connectivity index (χ4v) is 2.89. The predicted octanol–water partition coefficient (Wildman–Crippen LogP) is 4.01. The number of nitrogens with one attached hydrogen (secondary N) is 1. The molecule has 3 N–H and O–H groups in total. The van der Waals surface area contributed by atoms with Crippen molar-refractivity contribution in [3.63, 3.8) is 0 Å². The molecule has 1 fully saturated rings. The van der Waals surface area contributed by atoms with Gasteiger partial charge in [-0.1, -0.05) is 25.8 Å². The topological polar surface area (TPSA) is 59.6 Å². The van der Waals surface area contributed by atoms with E-state index in [1.54, 1.807) is 7.11 Å². The first-order chi connectivity index (χ1) is 9.67. The number of aliphatic imine (C=N–C) groups is 1. The molecule has 1 aliphatic rings. The van der Waals surface area contributed by atoms with E-state index in [9.17, 15) is 0 Å². The number of hydrogen-bond acceptors (Lipinski definition) is 2. The SMILES string of the molecule is CCC1(CN=C(N)Nc2cccc(OC)c2)CCCC1.I. The van der Waals surface area contributed by atoms with Crippen LogP contribution in [-0.4, -0.2) is 19.6 Å². The molecule has 1 saturated carbocycles. The van der Waals surface area contributed by atoms with Gasteiger partial charge in [-0.3, -0.25) is 4.99 Å². The zero-order chi connectivity index (χ0) is 14.4. The lowest BCUT2D eigenvalue weighted by molar-refractivity contribution is 0.297. The van der Waals surface area contributed by atoms with Gasteiger partial charge in [0.2, 0.25) is 0 Å². The van der Waals surface area contributed by atoms with Crippen LogP contribution in [0.2, 0.25) is 0 Å². The maximum atomic E-state index is 5.99. The lowest BCUT2D eigenvalue weighted by Crippen LogP contribution is -2.27. The Labute approximate surface area is 144 Å². The van der Waals surface area contributed by atoms with Gasteiger partial charge in [0.1, 0.15) is 5.75 Å². The fourth-order valence-electron chi connectivity index (χ4n) is 2.89. The summed E-state index contributed by atoms with van der Waals surface area (Å²) in [5.41, 5.74) is 7.27. The lowest BCUT2D eigenvalue weighted by atomic mass is 9.84. The monoisotopic (exact) mass is 403 g/mol. The molecule has 4 nitrogen and oxygen atoms in total. The molecule has 0 spiro atoms. The number of hydrogen-bond donors (Lipinski definition) is 2. The summed E-state index contributed by atoms with van der Waals surface area (Å²) in [6.07, 6.45) is 6.39. The van der Waals surface area contributed by atoms with E-state index in [0.29, 0.717) is 11.4 Å². The van der Waals surface area contributed by atoms with Crippen LogP contribution in [0.25, 0.3) is 0 Å². The minimum atomic E-state index is 0. The molecule has 2 rings (SSSR count). The molecule has 0 amide bonds. The highest BCUT2D eigenvalue weighted by Gasteiger charge is 2.31. The first-order valence-corrected chi connectivity index (χ1v) is 7.38. The van der Waals surface area contributed by atoms with Gasteiger partial charge in [0.15, 0.2) is 5.96 Å². The minimum absolute atomic E-state index is 0. The van der Waals surface area contributed by atoms with Crippen molar-refractivity contribution in [2.45, 2.75) is 39.0 Å². The summed E-state index contributed by atoms with van der Waals surface area (Å²) in [5, 5.41) is 3.13. The zero-order valence-electron chi connectivity index (χ0n) is 12.9. The van der Waals surface area contributed by atoms with Crippen molar-refractivity contribution in [3.05, 3.63) is 24.3 Å². The molecule has 0 aromatic heterocycles. The van der Waals surface area contributed by atoms with Crippen LogP contribution < -0.4 is 15.8 Å². The van der Waals surface area contributed by atoms with Crippen LogP contribution >= 0.6 is 24.0 Å². The third kappa shape index (κ3) is 5.05. The Bertz CT molecular complexity index is 470. The second kappa shape index (κ2) is 8.46. The Morgan fingerprint density at radius 1 is 1.38 bits per heavy atom. The first kappa shape index (κ1) is 18.1. The molecule has 0 unspecified atom stereocenters. The number of methoxy groups -OCH3 is 1. The first-order valence-electron chi connectivity index (χ1n) is 7.38. The molecule has 0 aliphatic heterocycles. The third-order valence-corrected chi connectivity index (χ3v) is 4.34. The number of anilines is 1. The van der Waals surface area contributed by atoms with Gasteiger partial charge < -0.3 is 15.8 Å². The Balaban J connectivity index is 0.00000220. The second-order valence-electron chi connectivity index (χ2n) is 5.62. The third-order valence-electron chi connectivity index (χ3n) is 4.34. The number of benzene rings is 1. The van der Waals surface area contributed by atoms with E-state index in [1.165, 1.54) is 32.1 Å². The van der Waals surface area contributed by atoms with E-state index in [1.807, 2.05) is 24.3 Å². The summed E-state index contributed by atoms with van der Waals surface area (Å²) >= 11 is 0. The lowest BCUT2D eigenvalue weighted by Gasteiger charge is -2.25. The number of guanidine groups is 1. The molecule has 0 heterocycles. The molecular weight excluding hydrogens is 377 g/mol. The van der Waals surface area contributed by atoms with Gasteiger partial charge in [0.25, 0.3) is 0 Å². The Morgan fingerprint density at radius 2 is 2.10 bits per heavy atom. The molecule has 1 aromatic rings. The summed E-state index contributed by atoms with van der Waals surface area (Å²) < 4.78 is 5.19. The van der Waals surface area contributed by atoms with E-state index in [4.69, 9.17) is 10.5 Å². The molecule has 0 saturated heterocycles. The quantitative estimate of drug-likeness (QED) is 0.444. The van der Waals surface area contributed by atoms with Crippen molar-refractivity contribution in [2.75, 3.05) is 19.0 Å². The zero-order valence-corrected chi connectivity index (χ0v) is 15.2. The van der Waals surface area contributed by atoms with Crippen molar-refractivity contribution >= 4 is 35.6 Å². The summed E-state index contributed by atoms with van der Waals surface area (Å²) in [6, 6.07) is 7.70. The summed E-state index contributed by atoms with van der Waals surface area (Å²) in [5.74, 6) is 1.29. The van der Waals surface area contributed by atoms with Crippen LogP contribution in [0.3, 0.4) is 0 Å². The average molecular weight is 403 g/mol. The van der Waals surface area contributed by atoms with Gasteiger partial charge >= 0.3 is 0 Å². The predicted molar refractivity (Wildman–Crippen MR) is 99.7 cm³/mol. The number of nitrogens with zero attached hydrogens (tertiary/aromatic N) is 1. The molecule has 1 aromatic carbocycles. The van der Waals surface area contributed by atoms with Crippen molar-refractivity contribution < 1.29 is 4.74 Å². The van der Waals surface area contributed by atoms with E-state index in [-0.39, 0.29) is 24.0 Å². The molecule has 118 valence electrons. The van der Waals surface area contributed by atoms with Gasteiger partial charge in [0, 0.05) is 18.3 Å². The fraction of sp³-hybridized carbons (Fsp3) is 0.562. The largest absolute Gasteiger partial charge is 0.497 e. The van der Waals surface area contributed by atoms with Crippen molar-refractivity contribution in [3.8, 4) is 5.75 Å². The van der Waals surface area contributed by atoms with Gasteiger partial charge in [-0.25, -0.2) is 0 Å². The van der Waals surface area contributed by atoms with Crippen LogP contribution in [0.5, 0.6) is 5.75 Å².